The van der Waals surface area contributed by atoms with Crippen molar-refractivity contribution in [1.82, 2.24) is 10.2 Å². The highest BCUT2D eigenvalue weighted by Crippen LogP contribution is 2.26. The second kappa shape index (κ2) is 4.89. The highest BCUT2D eigenvalue weighted by atomic mass is 16.5. The van der Waals surface area contributed by atoms with E-state index < -0.39 is 0 Å². The van der Waals surface area contributed by atoms with E-state index in [0.29, 0.717) is 0 Å². The number of nitrogens with zero attached hydrogens (tertiary/aromatic N) is 3. The second-order valence-corrected chi connectivity index (χ2v) is 4.01. The Kier molecular flexibility index (Phi) is 2.94. The number of fused-ring (bicyclic) bond motifs is 1. The highest BCUT2D eigenvalue weighted by molar-refractivity contribution is 5.89. The van der Waals surface area contributed by atoms with Crippen molar-refractivity contribution in [3.63, 3.8) is 0 Å². The maximum absolute atomic E-state index is 5.09. The maximum Gasteiger partial charge on any atom is 0.119 e. The molecule has 0 aliphatic heterocycles. The Morgan fingerprint density at radius 2 is 1.89 bits per heavy atom. The third kappa shape index (κ3) is 2.30. The third-order valence-corrected chi connectivity index (χ3v) is 2.81. The van der Waals surface area contributed by atoms with E-state index in [1.165, 1.54) is 0 Å². The summed E-state index contributed by atoms with van der Waals surface area (Å²) in [7, 11) is 1.64. The fraction of sp³-hybridized carbons (Fsp3) is 0.0714. The van der Waals surface area contributed by atoms with Gasteiger partial charge in [-0.3, -0.25) is 5.10 Å². The Bertz CT molecular complexity index is 716. The summed E-state index contributed by atoms with van der Waals surface area (Å²) in [5, 5.41) is 16.3. The van der Waals surface area contributed by atoms with Crippen molar-refractivity contribution in [2.24, 2.45) is 10.2 Å². The molecule has 0 fully saturated rings. The Labute approximate surface area is 109 Å². The van der Waals surface area contributed by atoms with Gasteiger partial charge in [-0.25, -0.2) is 0 Å². The standard InChI is InChI=1S/C14H12N4O/c1-19-11-7-5-10(6-8-11)16-18-14-4-2-3-13-12(14)9-15-17-13/h2-9H,1H3,(H,15,17). The van der Waals surface area contributed by atoms with Gasteiger partial charge in [-0.2, -0.15) is 10.2 Å². The molecule has 5 nitrogen and oxygen atoms in total. The van der Waals surface area contributed by atoms with Crippen LogP contribution >= 0.6 is 0 Å². The number of H-pyrrole nitrogens is 1. The molecule has 5 heteroatoms. The van der Waals surface area contributed by atoms with E-state index in [9.17, 15) is 0 Å². The maximum atomic E-state index is 5.09. The van der Waals surface area contributed by atoms with Gasteiger partial charge in [-0.15, -0.1) is 5.11 Å². The number of ether oxygens (including phenoxy) is 1. The number of azo groups is 1. The minimum Gasteiger partial charge on any atom is -0.497 e. The number of aromatic nitrogens is 2. The summed E-state index contributed by atoms with van der Waals surface area (Å²) in [5.74, 6) is 0.802. The summed E-state index contributed by atoms with van der Waals surface area (Å²) < 4.78 is 5.09. The molecule has 0 unspecified atom stereocenters. The van der Waals surface area contributed by atoms with Gasteiger partial charge < -0.3 is 4.74 Å². The number of methoxy groups -OCH3 is 1. The molecular weight excluding hydrogens is 240 g/mol. The van der Waals surface area contributed by atoms with Crippen LogP contribution in [0, 0.1) is 0 Å². The molecule has 94 valence electrons. The summed E-state index contributed by atoms with van der Waals surface area (Å²) in [6.07, 6.45) is 1.75. The van der Waals surface area contributed by atoms with Crippen LogP contribution in [0.3, 0.4) is 0 Å². The summed E-state index contributed by atoms with van der Waals surface area (Å²) in [4.78, 5) is 0. The molecule has 0 bridgehead atoms. The first kappa shape index (κ1) is 11.4. The van der Waals surface area contributed by atoms with Crippen LogP contribution in [0.2, 0.25) is 0 Å². The first-order valence-electron chi connectivity index (χ1n) is 5.85. The average Bonchev–Trinajstić information content (AvgIpc) is 2.94. The predicted molar refractivity (Wildman–Crippen MR) is 73.3 cm³/mol. The van der Waals surface area contributed by atoms with Crippen LogP contribution in [0.15, 0.2) is 58.9 Å². The van der Waals surface area contributed by atoms with E-state index in [4.69, 9.17) is 4.74 Å². The van der Waals surface area contributed by atoms with E-state index in [0.717, 1.165) is 28.0 Å². The molecule has 3 aromatic rings. The zero-order chi connectivity index (χ0) is 13.1. The van der Waals surface area contributed by atoms with E-state index >= 15 is 0 Å². The fourth-order valence-corrected chi connectivity index (χ4v) is 1.80. The van der Waals surface area contributed by atoms with Crippen LogP contribution in [0.5, 0.6) is 5.75 Å². The lowest BCUT2D eigenvalue weighted by atomic mass is 10.2. The van der Waals surface area contributed by atoms with Gasteiger partial charge in [0.25, 0.3) is 0 Å². The van der Waals surface area contributed by atoms with Crippen molar-refractivity contribution in [2.45, 2.75) is 0 Å². The molecule has 0 saturated heterocycles. The molecule has 2 aromatic carbocycles. The molecule has 0 aliphatic carbocycles. The molecule has 0 aliphatic rings. The minimum absolute atomic E-state index is 0.779. The molecule has 0 radical (unpaired) electrons. The van der Waals surface area contributed by atoms with Crippen LogP contribution in [-0.4, -0.2) is 17.3 Å². The molecule has 19 heavy (non-hydrogen) atoms. The number of hydrogen-bond donors (Lipinski definition) is 1. The van der Waals surface area contributed by atoms with Crippen molar-refractivity contribution in [3.8, 4) is 5.75 Å². The Balaban J connectivity index is 1.91. The van der Waals surface area contributed by atoms with Gasteiger partial charge in [0.1, 0.15) is 5.75 Å². The molecular formula is C14H12N4O. The zero-order valence-corrected chi connectivity index (χ0v) is 10.4. The van der Waals surface area contributed by atoms with Crippen molar-refractivity contribution in [1.29, 1.82) is 0 Å². The number of benzene rings is 2. The largest absolute Gasteiger partial charge is 0.497 e. The number of nitrogens with one attached hydrogen (secondary N) is 1. The monoisotopic (exact) mass is 252 g/mol. The first-order chi connectivity index (χ1) is 9.36. The quantitative estimate of drug-likeness (QED) is 0.716. The molecule has 1 aromatic heterocycles. The van der Waals surface area contributed by atoms with Crippen molar-refractivity contribution < 1.29 is 4.74 Å². The number of aromatic amines is 1. The van der Waals surface area contributed by atoms with E-state index in [1.807, 2.05) is 42.5 Å². The van der Waals surface area contributed by atoms with E-state index in [2.05, 4.69) is 20.4 Å². The van der Waals surface area contributed by atoms with Gasteiger partial charge in [-0.05, 0) is 36.4 Å². The third-order valence-electron chi connectivity index (χ3n) is 2.81. The predicted octanol–water partition coefficient (Wildman–Crippen LogP) is 3.99. The molecule has 3 rings (SSSR count). The fourth-order valence-electron chi connectivity index (χ4n) is 1.80. The van der Waals surface area contributed by atoms with Gasteiger partial charge in [0.15, 0.2) is 0 Å². The second-order valence-electron chi connectivity index (χ2n) is 4.01. The molecule has 1 heterocycles. The van der Waals surface area contributed by atoms with Gasteiger partial charge in [0, 0.05) is 5.39 Å². The van der Waals surface area contributed by atoms with Gasteiger partial charge >= 0.3 is 0 Å². The van der Waals surface area contributed by atoms with Crippen LogP contribution < -0.4 is 4.74 Å². The van der Waals surface area contributed by atoms with E-state index in [1.54, 1.807) is 13.3 Å². The molecule has 1 N–H and O–H groups in total. The smallest absolute Gasteiger partial charge is 0.119 e. The lowest BCUT2D eigenvalue weighted by molar-refractivity contribution is 0.415. The van der Waals surface area contributed by atoms with Crippen LogP contribution in [0.1, 0.15) is 0 Å². The highest BCUT2D eigenvalue weighted by Gasteiger charge is 2.00. The van der Waals surface area contributed by atoms with Crippen LogP contribution in [0.25, 0.3) is 10.9 Å². The number of hydrogen-bond acceptors (Lipinski definition) is 4. The molecule has 0 saturated carbocycles. The summed E-state index contributed by atoms with van der Waals surface area (Å²) in [6, 6.07) is 13.2. The van der Waals surface area contributed by atoms with Gasteiger partial charge in [0.2, 0.25) is 0 Å². The molecule has 0 atom stereocenters. The number of rotatable bonds is 3. The Hall–Kier alpha value is -2.69. The first-order valence-corrected chi connectivity index (χ1v) is 5.85. The van der Waals surface area contributed by atoms with Crippen molar-refractivity contribution in [3.05, 3.63) is 48.7 Å². The SMILES string of the molecule is COc1ccc(N=Nc2cccc3[nH]ncc23)cc1. The van der Waals surface area contributed by atoms with Crippen molar-refractivity contribution in [2.75, 3.05) is 7.11 Å². The minimum atomic E-state index is 0.779. The molecule has 0 spiro atoms. The average molecular weight is 252 g/mol. The lowest BCUT2D eigenvalue weighted by Gasteiger charge is -1.98. The summed E-state index contributed by atoms with van der Waals surface area (Å²) in [5.41, 5.74) is 2.52. The van der Waals surface area contributed by atoms with Crippen molar-refractivity contribution >= 4 is 22.3 Å². The summed E-state index contributed by atoms with van der Waals surface area (Å²) >= 11 is 0. The topological polar surface area (TPSA) is 62.6 Å². The van der Waals surface area contributed by atoms with Crippen LogP contribution in [0.4, 0.5) is 11.4 Å². The Morgan fingerprint density at radius 1 is 1.05 bits per heavy atom. The molecule has 0 amide bonds. The normalized spacial score (nSPS) is 11.2. The Morgan fingerprint density at radius 3 is 2.68 bits per heavy atom. The van der Waals surface area contributed by atoms with Gasteiger partial charge in [-0.1, -0.05) is 6.07 Å². The summed E-state index contributed by atoms with van der Waals surface area (Å²) in [6.45, 7) is 0. The van der Waals surface area contributed by atoms with E-state index in [-0.39, 0.29) is 0 Å². The zero-order valence-electron chi connectivity index (χ0n) is 10.4. The van der Waals surface area contributed by atoms with Gasteiger partial charge in [0.05, 0.1) is 30.2 Å². The van der Waals surface area contributed by atoms with Crippen LogP contribution in [-0.2, 0) is 0 Å². The lowest BCUT2D eigenvalue weighted by Crippen LogP contribution is -1.79.